The minimum absolute atomic E-state index is 0.830. The maximum Gasteiger partial charge on any atom is 0.214 e. The zero-order valence-corrected chi connectivity index (χ0v) is 13.4. The second-order valence-corrected chi connectivity index (χ2v) is 6.03. The summed E-state index contributed by atoms with van der Waals surface area (Å²) in [6, 6.07) is 9.95. The fourth-order valence-corrected chi connectivity index (χ4v) is 2.65. The number of thioether (sulfide) groups is 1. The highest BCUT2D eigenvalue weighted by molar-refractivity contribution is 7.99. The van der Waals surface area contributed by atoms with Crippen LogP contribution in [-0.4, -0.2) is 64.6 Å². The second kappa shape index (κ2) is 8.76. The summed E-state index contributed by atoms with van der Waals surface area (Å²) in [5.41, 5.74) is 0.990. The van der Waals surface area contributed by atoms with Gasteiger partial charge in [0.25, 0.3) is 0 Å². The predicted octanol–water partition coefficient (Wildman–Crippen LogP) is 1.30. The average molecular weight is 306 g/mol. The van der Waals surface area contributed by atoms with Crippen LogP contribution in [-0.2, 0) is 0 Å². The first kappa shape index (κ1) is 15.9. The van der Waals surface area contributed by atoms with E-state index in [4.69, 9.17) is 0 Å². The Morgan fingerprint density at radius 1 is 1.19 bits per heavy atom. The largest absolute Gasteiger partial charge is 0.316 e. The summed E-state index contributed by atoms with van der Waals surface area (Å²) in [4.78, 5) is 2.20. The van der Waals surface area contributed by atoms with Crippen molar-refractivity contribution in [3.8, 4) is 5.69 Å². The van der Waals surface area contributed by atoms with E-state index in [1.807, 2.05) is 30.3 Å². The van der Waals surface area contributed by atoms with Gasteiger partial charge in [-0.2, -0.15) is 4.68 Å². The number of para-hydroxylation sites is 1. The smallest absolute Gasteiger partial charge is 0.214 e. The van der Waals surface area contributed by atoms with Crippen LogP contribution in [0.1, 0.15) is 6.42 Å². The molecule has 1 heterocycles. The SMILES string of the molecule is CN(C)CCCNCCSc1nnnn1-c1ccccc1. The van der Waals surface area contributed by atoms with Crippen molar-refractivity contribution in [2.75, 3.05) is 39.5 Å². The van der Waals surface area contributed by atoms with Crippen LogP contribution in [0.2, 0.25) is 0 Å². The molecule has 1 aromatic carbocycles. The van der Waals surface area contributed by atoms with Gasteiger partial charge in [0.1, 0.15) is 0 Å². The van der Waals surface area contributed by atoms with E-state index in [1.54, 1.807) is 16.4 Å². The average Bonchev–Trinajstić information content (AvgIpc) is 2.95. The number of nitrogens with zero attached hydrogens (tertiary/aromatic N) is 5. The molecule has 0 saturated heterocycles. The van der Waals surface area contributed by atoms with Crippen LogP contribution in [0.15, 0.2) is 35.5 Å². The van der Waals surface area contributed by atoms with Crippen molar-refractivity contribution in [3.05, 3.63) is 30.3 Å². The molecular formula is C14H22N6S. The Morgan fingerprint density at radius 2 is 2.00 bits per heavy atom. The van der Waals surface area contributed by atoms with Crippen LogP contribution in [0.25, 0.3) is 5.69 Å². The van der Waals surface area contributed by atoms with Gasteiger partial charge < -0.3 is 10.2 Å². The Morgan fingerprint density at radius 3 is 2.76 bits per heavy atom. The van der Waals surface area contributed by atoms with Gasteiger partial charge in [0.2, 0.25) is 5.16 Å². The monoisotopic (exact) mass is 306 g/mol. The third-order valence-corrected chi connectivity index (χ3v) is 3.83. The predicted molar refractivity (Wildman–Crippen MR) is 85.9 cm³/mol. The molecule has 0 radical (unpaired) electrons. The molecule has 0 fully saturated rings. The number of tetrazole rings is 1. The van der Waals surface area contributed by atoms with Crippen molar-refractivity contribution in [3.63, 3.8) is 0 Å². The lowest BCUT2D eigenvalue weighted by Crippen LogP contribution is -2.23. The zero-order valence-electron chi connectivity index (χ0n) is 12.6. The standard InChI is InChI=1S/C14H22N6S/c1-19(2)11-6-9-15-10-12-21-14-16-17-18-20(14)13-7-4-3-5-8-13/h3-5,7-8,15H,6,9-12H2,1-2H3. The van der Waals surface area contributed by atoms with E-state index in [2.05, 4.69) is 39.8 Å². The van der Waals surface area contributed by atoms with Crippen LogP contribution >= 0.6 is 11.8 Å². The zero-order chi connectivity index (χ0) is 14.9. The van der Waals surface area contributed by atoms with Crippen molar-refractivity contribution >= 4 is 11.8 Å². The fourth-order valence-electron chi connectivity index (χ4n) is 1.86. The molecule has 0 amide bonds. The Labute approximate surface area is 129 Å². The van der Waals surface area contributed by atoms with Crippen LogP contribution < -0.4 is 5.32 Å². The molecule has 6 nitrogen and oxygen atoms in total. The highest BCUT2D eigenvalue weighted by Gasteiger charge is 2.07. The molecule has 0 aliphatic heterocycles. The van der Waals surface area contributed by atoms with Crippen molar-refractivity contribution in [1.29, 1.82) is 0 Å². The van der Waals surface area contributed by atoms with Crippen molar-refractivity contribution in [2.24, 2.45) is 0 Å². The molecule has 2 aromatic rings. The summed E-state index contributed by atoms with van der Waals surface area (Å²) in [6.07, 6.45) is 1.17. The molecule has 0 aliphatic carbocycles. The van der Waals surface area contributed by atoms with Crippen molar-refractivity contribution in [1.82, 2.24) is 30.4 Å². The third-order valence-electron chi connectivity index (χ3n) is 2.91. The summed E-state index contributed by atoms with van der Waals surface area (Å²) in [6.45, 7) is 3.12. The number of benzene rings is 1. The van der Waals surface area contributed by atoms with Gasteiger partial charge >= 0.3 is 0 Å². The lowest BCUT2D eigenvalue weighted by molar-refractivity contribution is 0.396. The first-order valence-electron chi connectivity index (χ1n) is 7.09. The van der Waals surface area contributed by atoms with Crippen LogP contribution in [0, 0.1) is 0 Å². The highest BCUT2D eigenvalue weighted by atomic mass is 32.2. The fraction of sp³-hybridized carbons (Fsp3) is 0.500. The van der Waals surface area contributed by atoms with Crippen LogP contribution in [0.3, 0.4) is 0 Å². The molecule has 1 N–H and O–H groups in total. The molecule has 2 rings (SSSR count). The van der Waals surface area contributed by atoms with E-state index in [1.165, 1.54) is 6.42 Å². The molecule has 1 aromatic heterocycles. The van der Waals surface area contributed by atoms with Gasteiger partial charge in [0, 0.05) is 12.3 Å². The molecule has 0 bridgehead atoms. The summed E-state index contributed by atoms with van der Waals surface area (Å²) in [5.74, 6) is 0.954. The number of hydrogen-bond donors (Lipinski definition) is 1. The number of nitrogens with one attached hydrogen (secondary N) is 1. The number of rotatable bonds is 9. The molecule has 0 atom stereocenters. The molecule has 7 heteroatoms. The highest BCUT2D eigenvalue weighted by Crippen LogP contribution is 2.16. The summed E-state index contributed by atoms with van der Waals surface area (Å²) < 4.78 is 1.77. The van der Waals surface area contributed by atoms with Crippen molar-refractivity contribution in [2.45, 2.75) is 11.6 Å². The van der Waals surface area contributed by atoms with Crippen molar-refractivity contribution < 1.29 is 0 Å². The molecule has 0 saturated carbocycles. The molecular weight excluding hydrogens is 284 g/mol. The molecule has 114 valence electrons. The van der Waals surface area contributed by atoms with E-state index in [9.17, 15) is 0 Å². The maximum atomic E-state index is 4.08. The Bertz CT molecular complexity index is 513. The third kappa shape index (κ3) is 5.45. The Kier molecular flexibility index (Phi) is 6.65. The summed E-state index contributed by atoms with van der Waals surface area (Å²) in [7, 11) is 4.19. The van der Waals surface area contributed by atoms with Gasteiger partial charge in [-0.15, -0.1) is 5.10 Å². The van der Waals surface area contributed by atoms with Gasteiger partial charge in [-0.25, -0.2) is 0 Å². The van der Waals surface area contributed by atoms with E-state index in [0.717, 1.165) is 36.2 Å². The van der Waals surface area contributed by atoms with Gasteiger partial charge in [-0.05, 0) is 56.2 Å². The molecule has 0 spiro atoms. The van der Waals surface area contributed by atoms with E-state index in [0.29, 0.717) is 0 Å². The van der Waals surface area contributed by atoms with E-state index in [-0.39, 0.29) is 0 Å². The minimum atomic E-state index is 0.830. The topological polar surface area (TPSA) is 58.9 Å². The first-order chi connectivity index (χ1) is 10.3. The Balaban J connectivity index is 1.71. The molecule has 0 aliphatic rings. The van der Waals surface area contributed by atoms with Gasteiger partial charge in [0.15, 0.2) is 0 Å². The second-order valence-electron chi connectivity index (χ2n) is 4.96. The summed E-state index contributed by atoms with van der Waals surface area (Å²) in [5, 5.41) is 16.2. The minimum Gasteiger partial charge on any atom is -0.316 e. The normalized spacial score (nSPS) is 11.2. The lowest BCUT2D eigenvalue weighted by Gasteiger charge is -2.09. The van der Waals surface area contributed by atoms with Crippen LogP contribution in [0.4, 0.5) is 0 Å². The quantitative estimate of drug-likeness (QED) is 0.556. The van der Waals surface area contributed by atoms with E-state index < -0.39 is 0 Å². The maximum absolute atomic E-state index is 4.08. The van der Waals surface area contributed by atoms with Gasteiger partial charge in [-0.1, -0.05) is 30.0 Å². The van der Waals surface area contributed by atoms with E-state index >= 15 is 0 Å². The molecule has 0 unspecified atom stereocenters. The van der Waals surface area contributed by atoms with Crippen LogP contribution in [0.5, 0.6) is 0 Å². The first-order valence-corrected chi connectivity index (χ1v) is 8.08. The molecule has 21 heavy (non-hydrogen) atoms. The number of aromatic nitrogens is 4. The summed E-state index contributed by atoms with van der Waals surface area (Å²) >= 11 is 1.67. The Hall–Kier alpha value is -1.44. The van der Waals surface area contributed by atoms with Gasteiger partial charge in [-0.3, -0.25) is 0 Å². The number of hydrogen-bond acceptors (Lipinski definition) is 6. The lowest BCUT2D eigenvalue weighted by atomic mass is 10.3. The van der Waals surface area contributed by atoms with Gasteiger partial charge in [0.05, 0.1) is 5.69 Å².